The van der Waals surface area contributed by atoms with Crippen molar-refractivity contribution in [2.75, 3.05) is 7.11 Å². The SMILES string of the molecule is CCC(=O)c1ccc(OC2CCCC(OC)C2)cc1. The van der Waals surface area contributed by atoms with E-state index in [-0.39, 0.29) is 11.9 Å². The fourth-order valence-electron chi connectivity index (χ4n) is 2.54. The van der Waals surface area contributed by atoms with Crippen LogP contribution in [-0.4, -0.2) is 25.1 Å². The first-order valence-electron chi connectivity index (χ1n) is 7.05. The first-order valence-corrected chi connectivity index (χ1v) is 7.05. The molecule has 0 spiro atoms. The van der Waals surface area contributed by atoms with E-state index in [0.29, 0.717) is 12.5 Å². The normalized spacial score (nSPS) is 23.1. The maximum atomic E-state index is 11.5. The molecule has 0 aliphatic heterocycles. The lowest BCUT2D eigenvalue weighted by Gasteiger charge is -2.28. The Morgan fingerprint density at radius 3 is 2.53 bits per heavy atom. The van der Waals surface area contributed by atoms with Gasteiger partial charge in [-0.05, 0) is 43.5 Å². The van der Waals surface area contributed by atoms with Gasteiger partial charge in [0, 0.05) is 25.5 Å². The van der Waals surface area contributed by atoms with E-state index in [1.54, 1.807) is 7.11 Å². The number of hydrogen-bond acceptors (Lipinski definition) is 3. The van der Waals surface area contributed by atoms with Crippen LogP contribution in [0.15, 0.2) is 24.3 Å². The van der Waals surface area contributed by atoms with E-state index < -0.39 is 0 Å². The quantitative estimate of drug-likeness (QED) is 0.760. The standard InChI is InChI=1S/C16H22O3/c1-3-16(17)12-7-9-13(10-8-12)19-15-6-4-5-14(11-15)18-2/h7-10,14-15H,3-6,11H2,1-2H3. The molecule has 0 amide bonds. The van der Waals surface area contributed by atoms with Gasteiger partial charge in [-0.3, -0.25) is 4.79 Å². The van der Waals surface area contributed by atoms with Crippen LogP contribution < -0.4 is 4.74 Å². The Morgan fingerprint density at radius 1 is 1.21 bits per heavy atom. The van der Waals surface area contributed by atoms with Gasteiger partial charge in [0.05, 0.1) is 6.10 Å². The Hall–Kier alpha value is -1.35. The van der Waals surface area contributed by atoms with Crippen LogP contribution in [0.4, 0.5) is 0 Å². The number of methoxy groups -OCH3 is 1. The van der Waals surface area contributed by atoms with E-state index in [2.05, 4.69) is 0 Å². The van der Waals surface area contributed by atoms with E-state index in [0.717, 1.165) is 37.0 Å². The third-order valence-electron chi connectivity index (χ3n) is 3.71. The predicted octanol–water partition coefficient (Wildman–Crippen LogP) is 3.62. The first kappa shape index (κ1) is 14.1. The Kier molecular flexibility index (Phi) is 4.97. The largest absolute Gasteiger partial charge is 0.490 e. The summed E-state index contributed by atoms with van der Waals surface area (Å²) in [5.41, 5.74) is 0.758. The number of carbonyl (C=O) groups excluding carboxylic acids is 1. The average molecular weight is 262 g/mol. The molecule has 2 atom stereocenters. The van der Waals surface area contributed by atoms with Crippen molar-refractivity contribution in [1.29, 1.82) is 0 Å². The minimum absolute atomic E-state index is 0.170. The number of ketones is 1. The molecular formula is C16H22O3. The van der Waals surface area contributed by atoms with Crippen molar-refractivity contribution in [2.24, 2.45) is 0 Å². The van der Waals surface area contributed by atoms with Crippen LogP contribution in [0, 0.1) is 0 Å². The van der Waals surface area contributed by atoms with Crippen LogP contribution in [0.5, 0.6) is 5.75 Å². The summed E-state index contributed by atoms with van der Waals surface area (Å²) in [6.07, 6.45) is 5.39. The van der Waals surface area contributed by atoms with E-state index in [1.165, 1.54) is 0 Å². The summed E-state index contributed by atoms with van der Waals surface area (Å²) in [6.45, 7) is 1.87. The van der Waals surface area contributed by atoms with Crippen LogP contribution in [0.2, 0.25) is 0 Å². The molecule has 1 aliphatic carbocycles. The number of Topliss-reactive ketones (excluding diaryl/α,β-unsaturated/α-hetero) is 1. The van der Waals surface area contributed by atoms with Gasteiger partial charge in [-0.15, -0.1) is 0 Å². The number of benzene rings is 1. The third-order valence-corrected chi connectivity index (χ3v) is 3.71. The van der Waals surface area contributed by atoms with Crippen molar-refractivity contribution < 1.29 is 14.3 Å². The van der Waals surface area contributed by atoms with Gasteiger partial charge in [-0.25, -0.2) is 0 Å². The van der Waals surface area contributed by atoms with Crippen LogP contribution >= 0.6 is 0 Å². The maximum Gasteiger partial charge on any atom is 0.162 e. The van der Waals surface area contributed by atoms with Crippen molar-refractivity contribution in [3.05, 3.63) is 29.8 Å². The third kappa shape index (κ3) is 3.80. The number of carbonyl (C=O) groups is 1. The summed E-state index contributed by atoms with van der Waals surface area (Å²) in [5, 5.41) is 0. The Labute approximate surface area is 114 Å². The fourth-order valence-corrected chi connectivity index (χ4v) is 2.54. The van der Waals surface area contributed by atoms with Crippen LogP contribution in [-0.2, 0) is 4.74 Å². The van der Waals surface area contributed by atoms with Gasteiger partial charge in [0.15, 0.2) is 5.78 Å². The highest BCUT2D eigenvalue weighted by atomic mass is 16.5. The molecule has 0 N–H and O–H groups in total. The first-order chi connectivity index (χ1) is 9.22. The van der Waals surface area contributed by atoms with Gasteiger partial charge < -0.3 is 9.47 Å². The average Bonchev–Trinajstić information content (AvgIpc) is 2.47. The second kappa shape index (κ2) is 6.71. The fraction of sp³-hybridized carbons (Fsp3) is 0.562. The molecule has 0 saturated heterocycles. The molecule has 3 heteroatoms. The van der Waals surface area contributed by atoms with Gasteiger partial charge in [-0.1, -0.05) is 6.92 Å². The molecule has 1 aromatic rings. The maximum absolute atomic E-state index is 11.5. The zero-order chi connectivity index (χ0) is 13.7. The predicted molar refractivity (Wildman–Crippen MR) is 74.7 cm³/mol. The minimum Gasteiger partial charge on any atom is -0.490 e. The number of hydrogen-bond donors (Lipinski definition) is 0. The minimum atomic E-state index is 0.170. The van der Waals surface area contributed by atoms with Crippen molar-refractivity contribution in [1.82, 2.24) is 0 Å². The molecule has 104 valence electrons. The molecule has 0 bridgehead atoms. The summed E-state index contributed by atoms with van der Waals surface area (Å²) in [6, 6.07) is 7.47. The molecule has 1 fully saturated rings. The highest BCUT2D eigenvalue weighted by molar-refractivity contribution is 5.95. The molecule has 19 heavy (non-hydrogen) atoms. The summed E-state index contributed by atoms with van der Waals surface area (Å²) < 4.78 is 11.4. The molecule has 1 aliphatic rings. The number of ether oxygens (including phenoxy) is 2. The summed E-state index contributed by atoms with van der Waals surface area (Å²) in [7, 11) is 1.76. The van der Waals surface area contributed by atoms with Gasteiger partial charge in [0.2, 0.25) is 0 Å². The monoisotopic (exact) mass is 262 g/mol. The van der Waals surface area contributed by atoms with Gasteiger partial charge in [-0.2, -0.15) is 0 Å². The summed E-state index contributed by atoms with van der Waals surface area (Å²) in [5.74, 6) is 1.01. The van der Waals surface area contributed by atoms with Crippen molar-refractivity contribution in [3.63, 3.8) is 0 Å². The lowest BCUT2D eigenvalue weighted by Crippen LogP contribution is -2.29. The van der Waals surface area contributed by atoms with Crippen molar-refractivity contribution in [2.45, 2.75) is 51.2 Å². The lowest BCUT2D eigenvalue weighted by atomic mass is 9.95. The van der Waals surface area contributed by atoms with E-state index in [9.17, 15) is 4.79 Å². The zero-order valence-corrected chi connectivity index (χ0v) is 11.7. The molecule has 1 saturated carbocycles. The zero-order valence-electron chi connectivity index (χ0n) is 11.7. The second-order valence-electron chi connectivity index (χ2n) is 5.07. The smallest absolute Gasteiger partial charge is 0.162 e. The van der Waals surface area contributed by atoms with Crippen molar-refractivity contribution >= 4 is 5.78 Å². The van der Waals surface area contributed by atoms with E-state index >= 15 is 0 Å². The number of rotatable bonds is 5. The van der Waals surface area contributed by atoms with Gasteiger partial charge in [0.1, 0.15) is 11.9 Å². The molecule has 0 heterocycles. The van der Waals surface area contributed by atoms with Crippen molar-refractivity contribution in [3.8, 4) is 5.75 Å². The molecule has 2 rings (SSSR count). The van der Waals surface area contributed by atoms with Gasteiger partial charge >= 0.3 is 0 Å². The molecular weight excluding hydrogens is 240 g/mol. The Morgan fingerprint density at radius 2 is 1.89 bits per heavy atom. The molecule has 2 unspecified atom stereocenters. The summed E-state index contributed by atoms with van der Waals surface area (Å²) >= 11 is 0. The summed E-state index contributed by atoms with van der Waals surface area (Å²) in [4.78, 5) is 11.5. The van der Waals surface area contributed by atoms with E-state index in [4.69, 9.17) is 9.47 Å². The van der Waals surface area contributed by atoms with Crippen LogP contribution in [0.3, 0.4) is 0 Å². The highest BCUT2D eigenvalue weighted by Gasteiger charge is 2.22. The molecule has 0 radical (unpaired) electrons. The van der Waals surface area contributed by atoms with Gasteiger partial charge in [0.25, 0.3) is 0 Å². The van der Waals surface area contributed by atoms with E-state index in [1.807, 2.05) is 31.2 Å². The Balaban J connectivity index is 1.94. The van der Waals surface area contributed by atoms with Crippen LogP contribution in [0.25, 0.3) is 0 Å². The molecule has 1 aromatic carbocycles. The second-order valence-corrected chi connectivity index (χ2v) is 5.07. The lowest BCUT2D eigenvalue weighted by molar-refractivity contribution is 0.0210. The topological polar surface area (TPSA) is 35.5 Å². The highest BCUT2D eigenvalue weighted by Crippen LogP contribution is 2.25. The Bertz CT molecular complexity index is 411. The van der Waals surface area contributed by atoms with Crippen LogP contribution in [0.1, 0.15) is 49.4 Å². The molecule has 0 aromatic heterocycles. The molecule has 3 nitrogen and oxygen atoms in total.